The van der Waals surface area contributed by atoms with E-state index in [0.717, 1.165) is 0 Å². The van der Waals surface area contributed by atoms with E-state index in [1.54, 1.807) is 42.5 Å². The Morgan fingerprint density at radius 2 is 1.75 bits per heavy atom. The number of carboxylic acid groups (broad SMARTS) is 1. The monoisotopic (exact) mass is 462 g/mol. The number of carbonyl (C=O) groups excluding carboxylic acids is 2. The highest BCUT2D eigenvalue weighted by molar-refractivity contribution is 6.33. The molecule has 3 atom stereocenters. The van der Waals surface area contributed by atoms with Gasteiger partial charge in [-0.1, -0.05) is 35.9 Å². The minimum atomic E-state index is -1.33. The molecule has 3 N–H and O–H groups in total. The minimum Gasteiger partial charge on any atom is -0.480 e. The van der Waals surface area contributed by atoms with Crippen LogP contribution < -0.4 is 20.1 Å². The Bertz CT molecular complexity index is 1050. The fraction of sp³-hybridized carbons (Fsp3) is 0.286. The summed E-state index contributed by atoms with van der Waals surface area (Å²) in [4.78, 5) is 37.2. The maximum Gasteiger partial charge on any atom is 0.326 e. The number of aliphatic carboxylic acids is 1. The largest absolute Gasteiger partial charge is 0.480 e. The van der Waals surface area contributed by atoms with Crippen molar-refractivity contribution in [1.82, 2.24) is 5.32 Å². The highest BCUT2D eigenvalue weighted by atomic mass is 35.5. The molecule has 0 aromatic heterocycles. The van der Waals surface area contributed by atoms with Crippen molar-refractivity contribution in [2.75, 3.05) is 18.9 Å². The van der Waals surface area contributed by atoms with Crippen molar-refractivity contribution in [3.8, 4) is 11.5 Å². The van der Waals surface area contributed by atoms with E-state index >= 15 is 0 Å². The highest BCUT2D eigenvalue weighted by Crippen LogP contribution is 2.36. The summed E-state index contributed by atoms with van der Waals surface area (Å²) in [6.45, 7) is -0.264. The summed E-state index contributed by atoms with van der Waals surface area (Å²) < 4.78 is 21.2. The molecule has 0 spiro atoms. The van der Waals surface area contributed by atoms with Crippen LogP contribution in [0.25, 0.3) is 0 Å². The van der Waals surface area contributed by atoms with Gasteiger partial charge < -0.3 is 34.7 Å². The Balaban J connectivity index is 1.44. The number of amides is 2. The van der Waals surface area contributed by atoms with Crippen molar-refractivity contribution in [2.45, 2.75) is 24.7 Å². The van der Waals surface area contributed by atoms with Crippen molar-refractivity contribution in [2.24, 2.45) is 0 Å². The summed E-state index contributed by atoms with van der Waals surface area (Å²) in [6.07, 6.45) is -2.67. The molecule has 0 bridgehead atoms. The lowest BCUT2D eigenvalue weighted by atomic mass is 10.0. The summed E-state index contributed by atoms with van der Waals surface area (Å²) in [5.41, 5.74) is 0.904. The predicted octanol–water partition coefficient (Wildman–Crippen LogP) is 1.56. The van der Waals surface area contributed by atoms with E-state index in [4.69, 9.17) is 30.5 Å². The Kier molecular flexibility index (Phi) is 6.45. The van der Waals surface area contributed by atoms with Crippen molar-refractivity contribution in [3.63, 3.8) is 0 Å². The van der Waals surface area contributed by atoms with E-state index in [0.29, 0.717) is 27.8 Å². The Morgan fingerprint density at radius 1 is 1.00 bits per heavy atom. The van der Waals surface area contributed by atoms with E-state index in [1.165, 1.54) is 0 Å². The van der Waals surface area contributed by atoms with Crippen LogP contribution in [0.15, 0.2) is 42.5 Å². The Morgan fingerprint density at radius 3 is 2.50 bits per heavy atom. The van der Waals surface area contributed by atoms with Crippen molar-refractivity contribution in [1.29, 1.82) is 0 Å². The van der Waals surface area contributed by atoms with Gasteiger partial charge >= 0.3 is 5.97 Å². The number of rotatable bonds is 7. The number of hydrogen-bond acceptors (Lipinski definition) is 7. The third kappa shape index (κ3) is 4.62. The van der Waals surface area contributed by atoms with Gasteiger partial charge in [-0.25, -0.2) is 4.79 Å². The van der Waals surface area contributed by atoms with Gasteiger partial charge in [0, 0.05) is 12.0 Å². The van der Waals surface area contributed by atoms with Gasteiger partial charge in [-0.2, -0.15) is 0 Å². The molecular weight excluding hydrogens is 444 g/mol. The fourth-order valence-electron chi connectivity index (χ4n) is 3.38. The van der Waals surface area contributed by atoms with Crippen LogP contribution in [0.5, 0.6) is 11.5 Å². The molecule has 10 nitrogen and oxygen atoms in total. The quantitative estimate of drug-likeness (QED) is 0.564. The zero-order valence-electron chi connectivity index (χ0n) is 16.6. The topological polar surface area (TPSA) is 132 Å². The van der Waals surface area contributed by atoms with Crippen LogP contribution >= 0.6 is 11.6 Å². The number of carbonyl (C=O) groups is 3. The summed E-state index contributed by atoms with van der Waals surface area (Å²) >= 11 is 6.04. The second kappa shape index (κ2) is 9.43. The van der Waals surface area contributed by atoms with E-state index < -0.39 is 36.0 Å². The maximum absolute atomic E-state index is 12.8. The first-order chi connectivity index (χ1) is 15.4. The number of fused-ring (bicyclic) bond motifs is 1. The number of ether oxygens (including phenoxy) is 4. The van der Waals surface area contributed by atoms with Crippen LogP contribution in [-0.4, -0.2) is 54.7 Å². The van der Waals surface area contributed by atoms with Gasteiger partial charge in [0.2, 0.25) is 6.79 Å². The lowest BCUT2D eigenvalue weighted by molar-refractivity contribution is -0.144. The van der Waals surface area contributed by atoms with Crippen LogP contribution in [-0.2, 0) is 30.3 Å². The number of hydrogen-bond donors (Lipinski definition) is 3. The third-order valence-corrected chi connectivity index (χ3v) is 5.27. The van der Waals surface area contributed by atoms with Gasteiger partial charge in [0.05, 0.1) is 10.7 Å². The second-order valence-corrected chi connectivity index (χ2v) is 7.42. The van der Waals surface area contributed by atoms with Crippen molar-refractivity contribution < 1.29 is 38.4 Å². The molecule has 2 amide bonds. The molecule has 1 fully saturated rings. The van der Waals surface area contributed by atoms with Gasteiger partial charge in [-0.3, -0.25) is 9.59 Å². The molecule has 3 unspecified atom stereocenters. The molecule has 0 radical (unpaired) electrons. The molecule has 168 valence electrons. The zero-order chi connectivity index (χ0) is 22.7. The number of benzene rings is 2. The van der Waals surface area contributed by atoms with Gasteiger partial charge in [-0.15, -0.1) is 0 Å². The molecule has 2 aliphatic heterocycles. The van der Waals surface area contributed by atoms with E-state index in [1.807, 2.05) is 0 Å². The van der Waals surface area contributed by atoms with Crippen LogP contribution in [0, 0.1) is 0 Å². The highest BCUT2D eigenvalue weighted by Gasteiger charge is 2.42. The van der Waals surface area contributed by atoms with Crippen LogP contribution in [0.4, 0.5) is 5.69 Å². The number of anilines is 1. The third-order valence-electron chi connectivity index (χ3n) is 4.94. The number of carboxylic acids is 1. The van der Waals surface area contributed by atoms with E-state index in [9.17, 15) is 19.5 Å². The van der Waals surface area contributed by atoms with Crippen LogP contribution in [0.1, 0.15) is 5.56 Å². The molecule has 1 saturated heterocycles. The number of halogens is 1. The summed E-state index contributed by atoms with van der Waals surface area (Å²) in [5.74, 6) is -1.76. The van der Waals surface area contributed by atoms with Crippen LogP contribution in [0.3, 0.4) is 0 Å². The molecule has 32 heavy (non-hydrogen) atoms. The summed E-state index contributed by atoms with van der Waals surface area (Å²) in [7, 11) is 0. The molecular formula is C21H19ClN2O8. The first kappa shape index (κ1) is 21.9. The smallest absolute Gasteiger partial charge is 0.326 e. The number of nitrogens with one attached hydrogen (secondary N) is 2. The Hall–Kier alpha value is -3.34. The average molecular weight is 463 g/mol. The average Bonchev–Trinajstić information content (AvgIpc) is 3.45. The number of para-hydroxylation sites is 2. The maximum atomic E-state index is 12.8. The molecule has 11 heteroatoms. The molecule has 2 aliphatic rings. The zero-order valence-corrected chi connectivity index (χ0v) is 17.3. The van der Waals surface area contributed by atoms with Gasteiger partial charge in [0.1, 0.15) is 12.8 Å². The first-order valence-corrected chi connectivity index (χ1v) is 10.0. The molecule has 0 aliphatic carbocycles. The van der Waals surface area contributed by atoms with Gasteiger partial charge in [0.25, 0.3) is 11.8 Å². The van der Waals surface area contributed by atoms with Crippen LogP contribution in [0.2, 0.25) is 5.02 Å². The molecule has 0 saturated carbocycles. The van der Waals surface area contributed by atoms with E-state index in [2.05, 4.69) is 10.6 Å². The van der Waals surface area contributed by atoms with Gasteiger partial charge in [0.15, 0.2) is 23.7 Å². The Labute approximate surface area is 187 Å². The minimum absolute atomic E-state index is 0.0336. The lowest BCUT2D eigenvalue weighted by Gasteiger charge is -2.20. The SMILES string of the molecule is O=C(O)C(Cc1cccc2c1OCO2)NC(=O)C1OCOC1C(=O)Nc1ccccc1Cl. The molecule has 2 aromatic rings. The van der Waals surface area contributed by atoms with Crippen molar-refractivity contribution >= 4 is 35.1 Å². The molecule has 2 aromatic carbocycles. The lowest BCUT2D eigenvalue weighted by Crippen LogP contribution is -2.51. The predicted molar refractivity (Wildman–Crippen MR) is 111 cm³/mol. The van der Waals surface area contributed by atoms with Crippen molar-refractivity contribution in [3.05, 3.63) is 53.1 Å². The summed E-state index contributed by atoms with van der Waals surface area (Å²) in [5, 5.41) is 14.9. The van der Waals surface area contributed by atoms with E-state index in [-0.39, 0.29) is 20.0 Å². The second-order valence-electron chi connectivity index (χ2n) is 7.02. The normalized spacial score (nSPS) is 19.9. The molecule has 4 rings (SSSR count). The summed E-state index contributed by atoms with van der Waals surface area (Å²) in [6, 6.07) is 10.4. The molecule has 2 heterocycles. The first-order valence-electron chi connectivity index (χ1n) is 9.63. The van der Waals surface area contributed by atoms with Gasteiger partial charge in [-0.05, 0) is 18.2 Å². The standard InChI is InChI=1S/C21H19ClN2O8/c22-12-5-1-2-6-13(12)23-19(25)17-18(32-10-31-17)20(26)24-14(21(27)28)8-11-4-3-7-15-16(11)30-9-29-15/h1-7,14,17-18H,8-10H2,(H,23,25)(H,24,26)(H,27,28). The fourth-order valence-corrected chi connectivity index (χ4v) is 3.56.